The van der Waals surface area contributed by atoms with E-state index in [1.165, 1.54) is 11.1 Å². The Hall–Kier alpha value is -5.82. The lowest BCUT2D eigenvalue weighted by atomic mass is 10.1. The topological polar surface area (TPSA) is 105 Å². The van der Waals surface area contributed by atoms with Crippen LogP contribution < -0.4 is 28.4 Å². The van der Waals surface area contributed by atoms with Gasteiger partial charge in [0.05, 0.1) is 48.9 Å². The number of halogens is 1. The lowest BCUT2D eigenvalue weighted by Gasteiger charge is -2.34. The second-order valence-electron chi connectivity index (χ2n) is 14.1. The van der Waals surface area contributed by atoms with E-state index in [9.17, 15) is 4.79 Å². The molecule has 1 amide bonds. The van der Waals surface area contributed by atoms with E-state index in [-0.39, 0.29) is 24.4 Å². The maximum absolute atomic E-state index is 13.2. The normalized spacial score (nSPS) is 13.0. The Bertz CT molecular complexity index is 2270. The molecule has 0 radical (unpaired) electrons. The van der Waals surface area contributed by atoms with Crippen LogP contribution in [0.3, 0.4) is 0 Å². The molecule has 3 heterocycles. The molecule has 13 heteroatoms. The van der Waals surface area contributed by atoms with Gasteiger partial charge in [0.2, 0.25) is 17.5 Å². The van der Waals surface area contributed by atoms with Crippen LogP contribution in [0.5, 0.6) is 40.4 Å². The quantitative estimate of drug-likeness (QED) is 0.0826. The van der Waals surface area contributed by atoms with E-state index >= 15 is 0 Å². The summed E-state index contributed by atoms with van der Waals surface area (Å²) in [6.45, 7) is 8.79. The van der Waals surface area contributed by atoms with Gasteiger partial charge in [-0.25, -0.2) is 9.97 Å². The Balaban J connectivity index is 0.00000585. The zero-order valence-corrected chi connectivity index (χ0v) is 35.3. The van der Waals surface area contributed by atoms with Gasteiger partial charge in [0.25, 0.3) is 0 Å². The Morgan fingerprint density at radius 2 is 1.46 bits per heavy atom. The molecule has 2 aromatic heterocycles. The molecule has 1 aliphatic rings. The van der Waals surface area contributed by atoms with Crippen LogP contribution in [0, 0.1) is 0 Å². The highest BCUT2D eigenvalue weighted by Crippen LogP contribution is 2.41. The molecule has 1 saturated heterocycles. The van der Waals surface area contributed by atoms with Crippen molar-refractivity contribution in [3.8, 4) is 40.4 Å². The van der Waals surface area contributed by atoms with E-state index < -0.39 is 0 Å². The van der Waals surface area contributed by atoms with Gasteiger partial charge < -0.3 is 33.3 Å². The van der Waals surface area contributed by atoms with Crippen molar-refractivity contribution in [2.75, 3.05) is 47.0 Å². The molecule has 0 saturated carbocycles. The lowest BCUT2D eigenvalue weighted by Crippen LogP contribution is -2.47. The summed E-state index contributed by atoms with van der Waals surface area (Å²) in [5.41, 5.74) is 7.09. The maximum atomic E-state index is 13.2. The summed E-state index contributed by atoms with van der Waals surface area (Å²) in [4.78, 5) is 26.2. The van der Waals surface area contributed by atoms with Gasteiger partial charge in [-0.05, 0) is 96.8 Å². The standard InChI is InChI=1S/C46H48N4O7S.ClH/c1-32(2)56-38-13-11-37(12-14-38)54-24-19-33-5-7-34(8-6-33)29-49-20-22-50(23-21-49)45(51)18-10-35-25-41(52-3)46(42(26-35)53-4)57-44-17-15-39(28-47-44)55-30-36-9-16-40-43(27-36)58-31-48-40;/h5-18,25-28,31-32H,19-24,29-30H2,1-4H3;1H/b18-10+;. The number of hydrogen-bond donors (Lipinski definition) is 0. The summed E-state index contributed by atoms with van der Waals surface area (Å²) in [5, 5.41) is 0. The van der Waals surface area contributed by atoms with Gasteiger partial charge in [-0.1, -0.05) is 30.3 Å². The number of hydrogen-bond acceptors (Lipinski definition) is 11. The number of piperazine rings is 1. The second kappa shape index (κ2) is 20.7. The predicted molar refractivity (Wildman–Crippen MR) is 234 cm³/mol. The Kier molecular flexibility index (Phi) is 15.0. The monoisotopic (exact) mass is 836 g/mol. The number of thiazole rings is 1. The minimum atomic E-state index is -0.0418. The van der Waals surface area contributed by atoms with Gasteiger partial charge in [-0.2, -0.15) is 0 Å². The molecule has 11 nitrogen and oxygen atoms in total. The minimum Gasteiger partial charge on any atom is -0.493 e. The molecule has 1 aliphatic heterocycles. The molecule has 0 atom stereocenters. The number of rotatable bonds is 17. The maximum Gasteiger partial charge on any atom is 0.246 e. The molecule has 308 valence electrons. The van der Waals surface area contributed by atoms with Crippen LogP contribution in [-0.4, -0.2) is 78.8 Å². The van der Waals surface area contributed by atoms with Gasteiger partial charge in [-0.15, -0.1) is 23.7 Å². The number of ether oxygens (including phenoxy) is 6. The van der Waals surface area contributed by atoms with Crippen LogP contribution in [0.15, 0.2) is 109 Å². The number of amides is 1. The molecule has 1 fully saturated rings. The number of carbonyl (C=O) groups is 1. The number of methoxy groups -OCH3 is 2. The SMILES string of the molecule is COc1cc(/C=C/C(=O)N2CCN(Cc3ccc(CCOc4ccc(OC(C)C)cc4)cc3)CC2)cc(OC)c1Oc1ccc(OCc2ccc3ncsc3c2)cn1.Cl. The van der Waals surface area contributed by atoms with E-state index in [2.05, 4.69) is 45.2 Å². The largest absolute Gasteiger partial charge is 0.493 e. The fourth-order valence-corrected chi connectivity index (χ4v) is 7.25. The van der Waals surface area contributed by atoms with Crippen molar-refractivity contribution in [2.24, 2.45) is 0 Å². The third kappa shape index (κ3) is 11.9. The number of nitrogens with zero attached hydrogens (tertiary/aromatic N) is 4. The van der Waals surface area contributed by atoms with Crippen LogP contribution in [-0.2, 0) is 24.4 Å². The predicted octanol–water partition coefficient (Wildman–Crippen LogP) is 9.27. The van der Waals surface area contributed by atoms with Crippen molar-refractivity contribution >= 4 is 45.9 Å². The smallest absolute Gasteiger partial charge is 0.246 e. The second-order valence-corrected chi connectivity index (χ2v) is 15.0. The number of aromatic nitrogens is 2. The van der Waals surface area contributed by atoms with Gasteiger partial charge in [0, 0.05) is 51.3 Å². The minimum absolute atomic E-state index is 0. The fourth-order valence-electron chi connectivity index (χ4n) is 6.51. The van der Waals surface area contributed by atoms with E-state index in [4.69, 9.17) is 28.4 Å². The Morgan fingerprint density at radius 1 is 0.780 bits per heavy atom. The summed E-state index contributed by atoms with van der Waals surface area (Å²) in [5.74, 6) is 3.87. The molecule has 6 aromatic rings. The highest BCUT2D eigenvalue weighted by atomic mass is 35.5. The van der Waals surface area contributed by atoms with Crippen molar-refractivity contribution in [2.45, 2.75) is 39.5 Å². The molecular weight excluding hydrogens is 788 g/mol. The molecule has 0 bridgehead atoms. The van der Waals surface area contributed by atoms with Crippen LogP contribution in [0.4, 0.5) is 0 Å². The van der Waals surface area contributed by atoms with Crippen molar-refractivity contribution < 1.29 is 33.2 Å². The Labute approximate surface area is 355 Å². The number of carbonyl (C=O) groups excluding carboxylic acids is 1. The van der Waals surface area contributed by atoms with E-state index in [0.717, 1.165) is 58.9 Å². The van der Waals surface area contributed by atoms with E-state index in [0.29, 0.717) is 55.2 Å². The lowest BCUT2D eigenvalue weighted by molar-refractivity contribution is -0.127. The van der Waals surface area contributed by atoms with Gasteiger partial charge >= 0.3 is 0 Å². The molecule has 4 aromatic carbocycles. The molecule has 0 N–H and O–H groups in total. The van der Waals surface area contributed by atoms with Crippen LogP contribution >= 0.6 is 23.7 Å². The molecule has 0 unspecified atom stereocenters. The van der Waals surface area contributed by atoms with Crippen LogP contribution in [0.2, 0.25) is 0 Å². The number of pyridine rings is 1. The summed E-state index contributed by atoms with van der Waals surface area (Å²) in [6, 6.07) is 29.7. The van der Waals surface area contributed by atoms with Gasteiger partial charge in [-0.3, -0.25) is 9.69 Å². The van der Waals surface area contributed by atoms with Crippen molar-refractivity contribution in [3.05, 3.63) is 131 Å². The summed E-state index contributed by atoms with van der Waals surface area (Å²) >= 11 is 1.60. The molecule has 59 heavy (non-hydrogen) atoms. The molecule has 0 aliphatic carbocycles. The fraction of sp³-hybridized carbons (Fsp3) is 0.283. The van der Waals surface area contributed by atoms with Crippen LogP contribution in [0.25, 0.3) is 16.3 Å². The highest BCUT2D eigenvalue weighted by Gasteiger charge is 2.20. The Morgan fingerprint density at radius 3 is 2.14 bits per heavy atom. The first kappa shape index (κ1) is 42.8. The first-order valence-corrected chi connectivity index (χ1v) is 20.2. The van der Waals surface area contributed by atoms with Gasteiger partial charge in [0.1, 0.15) is 23.9 Å². The van der Waals surface area contributed by atoms with E-state index in [1.807, 2.05) is 60.7 Å². The summed E-state index contributed by atoms with van der Waals surface area (Å²) in [7, 11) is 3.12. The molecule has 0 spiro atoms. The van der Waals surface area contributed by atoms with Gasteiger partial charge in [0.15, 0.2) is 11.5 Å². The molecular formula is C46H49ClN4O7S. The third-order valence-corrected chi connectivity index (χ3v) is 10.4. The number of fused-ring (bicyclic) bond motifs is 1. The summed E-state index contributed by atoms with van der Waals surface area (Å²) < 4.78 is 36.2. The van der Waals surface area contributed by atoms with Crippen LogP contribution in [0.1, 0.15) is 36.1 Å². The summed E-state index contributed by atoms with van der Waals surface area (Å²) in [6.07, 6.45) is 5.95. The zero-order valence-electron chi connectivity index (χ0n) is 33.7. The highest BCUT2D eigenvalue weighted by molar-refractivity contribution is 7.16. The third-order valence-electron chi connectivity index (χ3n) is 9.59. The zero-order chi connectivity index (χ0) is 40.3. The average Bonchev–Trinajstić information content (AvgIpc) is 3.72. The molecule has 7 rings (SSSR count). The first-order chi connectivity index (χ1) is 28.3. The van der Waals surface area contributed by atoms with Crippen molar-refractivity contribution in [1.82, 2.24) is 19.8 Å². The average molecular weight is 837 g/mol. The van der Waals surface area contributed by atoms with Crippen molar-refractivity contribution in [1.29, 1.82) is 0 Å². The number of benzene rings is 4. The first-order valence-electron chi connectivity index (χ1n) is 19.3. The van der Waals surface area contributed by atoms with Crippen molar-refractivity contribution in [3.63, 3.8) is 0 Å². The van der Waals surface area contributed by atoms with E-state index in [1.54, 1.807) is 68.2 Å².